The number of methoxy groups -OCH3 is 1. The van der Waals surface area contributed by atoms with Gasteiger partial charge in [0.1, 0.15) is 24.1 Å². The van der Waals surface area contributed by atoms with Gasteiger partial charge in [0.05, 0.1) is 36.7 Å². The smallest absolute Gasteiger partial charge is 0.338 e. The molecule has 3 aromatic carbocycles. The first-order valence-electron chi connectivity index (χ1n) is 14.2. The molecule has 0 fully saturated rings. The molecule has 0 bridgehead atoms. The van der Waals surface area contributed by atoms with E-state index in [1.54, 1.807) is 41.8 Å². The third kappa shape index (κ3) is 7.46. The van der Waals surface area contributed by atoms with Gasteiger partial charge in [0.15, 0.2) is 4.80 Å². The summed E-state index contributed by atoms with van der Waals surface area (Å²) >= 11 is 24.5. The zero-order chi connectivity index (χ0) is 33.1. The van der Waals surface area contributed by atoms with Gasteiger partial charge in [-0.2, -0.15) is 0 Å². The van der Waals surface area contributed by atoms with Gasteiger partial charge in [0, 0.05) is 26.2 Å². The van der Waals surface area contributed by atoms with Crippen molar-refractivity contribution < 1.29 is 19.0 Å². The molecule has 1 aliphatic rings. The van der Waals surface area contributed by atoms with E-state index in [-0.39, 0.29) is 18.8 Å². The van der Waals surface area contributed by atoms with E-state index < -0.39 is 12.0 Å². The number of allylic oxidation sites excluding steroid dienone is 1. The molecule has 0 unspecified atom stereocenters. The van der Waals surface area contributed by atoms with E-state index in [2.05, 4.69) is 45.2 Å². The lowest BCUT2D eigenvalue weighted by Gasteiger charge is -2.27. The zero-order valence-corrected chi connectivity index (χ0v) is 32.2. The monoisotopic (exact) mass is 922 g/mol. The Kier molecular flexibility index (Phi) is 11.8. The Labute approximate surface area is 312 Å². The van der Waals surface area contributed by atoms with Crippen LogP contribution in [0, 0.1) is 7.14 Å². The van der Waals surface area contributed by atoms with Gasteiger partial charge >= 0.3 is 5.97 Å². The van der Waals surface area contributed by atoms with Gasteiger partial charge in [-0.05, 0) is 113 Å². The van der Waals surface area contributed by atoms with E-state index in [1.807, 2.05) is 31.2 Å². The number of aromatic nitrogens is 1. The number of carbonyl (C=O) groups excluding carboxylic acids is 1. The van der Waals surface area contributed by atoms with Crippen molar-refractivity contribution in [2.24, 2.45) is 4.99 Å². The van der Waals surface area contributed by atoms with Crippen molar-refractivity contribution >= 4 is 103 Å². The van der Waals surface area contributed by atoms with Crippen LogP contribution in [0.1, 0.15) is 49.4 Å². The molecular weight excluding hydrogens is 897 g/mol. The molecule has 1 atom stereocenters. The number of halogens is 5. The molecule has 5 rings (SSSR count). The summed E-state index contributed by atoms with van der Waals surface area (Å²) in [7, 11) is 1.54. The number of hydrogen-bond donors (Lipinski definition) is 0. The molecule has 4 aromatic rings. The number of nitrogens with zero attached hydrogens (tertiary/aromatic N) is 2. The summed E-state index contributed by atoms with van der Waals surface area (Å²) < 4.78 is 21.0. The van der Waals surface area contributed by atoms with Crippen LogP contribution in [0.5, 0.6) is 11.5 Å². The second kappa shape index (κ2) is 15.4. The summed E-state index contributed by atoms with van der Waals surface area (Å²) in [5.74, 6) is 0.667. The Balaban J connectivity index is 1.62. The van der Waals surface area contributed by atoms with Crippen LogP contribution in [-0.4, -0.2) is 24.3 Å². The summed E-state index contributed by atoms with van der Waals surface area (Å²) in [4.78, 5) is 33.0. The fraction of sp³-hybridized carbons (Fsp3) is 0.242. The van der Waals surface area contributed by atoms with Crippen LogP contribution >= 0.6 is 91.3 Å². The van der Waals surface area contributed by atoms with Crippen molar-refractivity contribution in [3.05, 3.63) is 118 Å². The number of ether oxygens (including phenoxy) is 3. The molecule has 0 saturated heterocycles. The molecule has 0 N–H and O–H groups in total. The van der Waals surface area contributed by atoms with Crippen molar-refractivity contribution in [1.29, 1.82) is 0 Å². The minimum absolute atomic E-state index is 0.176. The lowest BCUT2D eigenvalue weighted by molar-refractivity contribution is -0.139. The molecule has 46 heavy (non-hydrogen) atoms. The van der Waals surface area contributed by atoms with Gasteiger partial charge in [0.2, 0.25) is 0 Å². The predicted octanol–water partition coefficient (Wildman–Crippen LogP) is 8.34. The highest BCUT2D eigenvalue weighted by Gasteiger charge is 2.36. The van der Waals surface area contributed by atoms with Crippen LogP contribution in [0.4, 0.5) is 0 Å². The van der Waals surface area contributed by atoms with Crippen molar-refractivity contribution in [2.75, 3.05) is 13.7 Å². The molecule has 7 nitrogen and oxygen atoms in total. The summed E-state index contributed by atoms with van der Waals surface area (Å²) in [6.45, 7) is 4.20. The normalized spacial score (nSPS) is 14.6. The molecule has 1 aromatic heterocycles. The molecule has 2 heterocycles. The topological polar surface area (TPSA) is 79.1 Å². The highest BCUT2D eigenvalue weighted by molar-refractivity contribution is 14.1. The second-order valence-corrected chi connectivity index (χ2v) is 14.8. The molecule has 1 aliphatic heterocycles. The molecular formula is C33H27Cl3I2N2O5S. The summed E-state index contributed by atoms with van der Waals surface area (Å²) in [5.41, 5.74) is 2.78. The minimum Gasteiger partial charge on any atom is -0.496 e. The third-order valence-electron chi connectivity index (χ3n) is 7.08. The second-order valence-electron chi connectivity index (χ2n) is 10.1. The van der Waals surface area contributed by atoms with Gasteiger partial charge < -0.3 is 14.2 Å². The van der Waals surface area contributed by atoms with Crippen LogP contribution in [0.2, 0.25) is 15.1 Å². The predicted molar refractivity (Wildman–Crippen MR) is 200 cm³/mol. The summed E-state index contributed by atoms with van der Waals surface area (Å²) in [5, 5.41) is 1.54. The number of rotatable bonds is 10. The van der Waals surface area contributed by atoms with Crippen LogP contribution in [0.15, 0.2) is 69.6 Å². The number of benzene rings is 3. The largest absolute Gasteiger partial charge is 0.496 e. The molecule has 0 aliphatic carbocycles. The van der Waals surface area contributed by atoms with Gasteiger partial charge in [0.25, 0.3) is 5.56 Å². The van der Waals surface area contributed by atoms with E-state index >= 15 is 0 Å². The van der Waals surface area contributed by atoms with Gasteiger partial charge in [-0.15, -0.1) is 0 Å². The SMILES string of the molecule is CCCC1=C(C(=O)OCC)[C@H](c2cc(Cl)ccc2OC)n2c(s/c(=C/c3cc(I)c(OCc4ccc(Cl)cc4Cl)c(I)c3)c2=O)=N1. The Morgan fingerprint density at radius 2 is 1.74 bits per heavy atom. The van der Waals surface area contributed by atoms with Crippen molar-refractivity contribution in [3.63, 3.8) is 0 Å². The lowest BCUT2D eigenvalue weighted by Crippen LogP contribution is -2.40. The fourth-order valence-corrected chi connectivity index (χ4v) is 8.87. The first-order chi connectivity index (χ1) is 22.1. The van der Waals surface area contributed by atoms with E-state index in [4.69, 9.17) is 54.0 Å². The third-order valence-corrected chi connectivity index (χ3v) is 10.5. The number of fused-ring (bicyclic) bond motifs is 1. The quantitative estimate of drug-likeness (QED) is 0.118. The molecule has 0 spiro atoms. The minimum atomic E-state index is -0.844. The lowest BCUT2D eigenvalue weighted by atomic mass is 9.93. The Bertz CT molecular complexity index is 2020. The molecule has 13 heteroatoms. The molecule has 240 valence electrons. The van der Waals surface area contributed by atoms with Gasteiger partial charge in [-0.1, -0.05) is 65.6 Å². The maximum Gasteiger partial charge on any atom is 0.338 e. The summed E-state index contributed by atoms with van der Waals surface area (Å²) in [6, 6.07) is 13.5. The Hall–Kier alpha value is -2.10. The number of hydrogen-bond acceptors (Lipinski definition) is 7. The summed E-state index contributed by atoms with van der Waals surface area (Å²) in [6.07, 6.45) is 3.09. The number of thiazole rings is 1. The number of esters is 1. The van der Waals surface area contributed by atoms with E-state index in [0.29, 0.717) is 59.2 Å². The number of carbonyl (C=O) groups is 1. The van der Waals surface area contributed by atoms with E-state index in [1.165, 1.54) is 18.4 Å². The first kappa shape index (κ1) is 35.2. The maximum atomic E-state index is 14.2. The standard InChI is InChI=1S/C33H27Cl3I2N2O5S/c1-4-6-25-28(32(42)44-5-2)29(21-14-19(34)9-10-26(21)43-3)40-31(41)27(46-33(40)39-25)13-17-11-23(37)30(24(38)12-17)45-16-18-7-8-20(35)15-22(18)36/h7-15,29H,4-6,16H2,1-3H3/b27-13+/t29-/m0/s1. The van der Waals surface area contributed by atoms with E-state index in [9.17, 15) is 9.59 Å². The van der Waals surface area contributed by atoms with Gasteiger partial charge in [-0.3, -0.25) is 9.36 Å². The van der Waals surface area contributed by atoms with Crippen LogP contribution in [0.25, 0.3) is 6.08 Å². The average Bonchev–Trinajstić information content (AvgIpc) is 3.31. The van der Waals surface area contributed by atoms with Crippen LogP contribution < -0.4 is 24.4 Å². The van der Waals surface area contributed by atoms with Crippen molar-refractivity contribution in [3.8, 4) is 11.5 Å². The highest BCUT2D eigenvalue weighted by atomic mass is 127. The molecule has 0 amide bonds. The fourth-order valence-electron chi connectivity index (χ4n) is 5.07. The van der Waals surface area contributed by atoms with Gasteiger partial charge in [-0.25, -0.2) is 9.79 Å². The van der Waals surface area contributed by atoms with Crippen molar-refractivity contribution in [1.82, 2.24) is 4.57 Å². The van der Waals surface area contributed by atoms with Crippen LogP contribution in [-0.2, 0) is 16.1 Å². The van der Waals surface area contributed by atoms with Crippen LogP contribution in [0.3, 0.4) is 0 Å². The maximum absolute atomic E-state index is 14.2. The first-order valence-corrected chi connectivity index (χ1v) is 18.3. The average molecular weight is 924 g/mol. The van der Waals surface area contributed by atoms with E-state index in [0.717, 1.165) is 24.7 Å². The Morgan fingerprint density at radius 1 is 1.04 bits per heavy atom. The van der Waals surface area contributed by atoms with Crippen molar-refractivity contribution in [2.45, 2.75) is 39.3 Å². The molecule has 0 radical (unpaired) electrons. The molecule has 0 saturated carbocycles. The Morgan fingerprint density at radius 3 is 2.39 bits per heavy atom. The zero-order valence-electron chi connectivity index (χ0n) is 24.8. The highest BCUT2D eigenvalue weighted by Crippen LogP contribution is 2.38.